The Kier molecular flexibility index (Phi) is 7.00. The van der Waals surface area contributed by atoms with E-state index in [0.29, 0.717) is 16.5 Å². The first kappa shape index (κ1) is 17.5. The number of hydrogen-bond donors (Lipinski definition) is 2. The molecule has 0 bridgehead atoms. The van der Waals surface area contributed by atoms with E-state index in [4.69, 9.17) is 28.9 Å². The SMILES string of the molecule is CC(C)(Cc1ccc(Cl)cc1Cl)NC(=O)CN.Cl. The van der Waals surface area contributed by atoms with Gasteiger partial charge in [-0.15, -0.1) is 12.4 Å². The summed E-state index contributed by atoms with van der Waals surface area (Å²) in [6.45, 7) is 3.83. The molecule has 0 aromatic heterocycles. The molecule has 0 saturated carbocycles. The minimum atomic E-state index is -0.395. The van der Waals surface area contributed by atoms with Crippen molar-refractivity contribution in [2.75, 3.05) is 6.54 Å². The molecule has 1 amide bonds. The summed E-state index contributed by atoms with van der Waals surface area (Å²) >= 11 is 11.9. The summed E-state index contributed by atoms with van der Waals surface area (Å²) < 4.78 is 0. The van der Waals surface area contributed by atoms with Crippen LogP contribution in [0.3, 0.4) is 0 Å². The summed E-state index contributed by atoms with van der Waals surface area (Å²) in [5.74, 6) is -0.180. The average Bonchev–Trinajstić information content (AvgIpc) is 2.21. The highest BCUT2D eigenvalue weighted by atomic mass is 35.5. The van der Waals surface area contributed by atoms with Crippen LogP contribution in [-0.4, -0.2) is 18.0 Å². The maximum absolute atomic E-state index is 11.3. The van der Waals surface area contributed by atoms with E-state index in [0.717, 1.165) is 5.56 Å². The first-order chi connectivity index (χ1) is 7.84. The predicted octanol–water partition coefficient (Wildman–Crippen LogP) is 2.81. The molecule has 0 aliphatic rings. The first-order valence-electron chi connectivity index (χ1n) is 5.29. The molecule has 102 valence electrons. The van der Waals surface area contributed by atoms with Gasteiger partial charge in [0.25, 0.3) is 0 Å². The number of benzene rings is 1. The zero-order valence-electron chi connectivity index (χ0n) is 10.3. The Bertz CT molecular complexity index is 422. The van der Waals surface area contributed by atoms with Crippen LogP contribution in [0.25, 0.3) is 0 Å². The fourth-order valence-electron chi connectivity index (χ4n) is 1.61. The predicted molar refractivity (Wildman–Crippen MR) is 78.7 cm³/mol. The molecule has 0 saturated heterocycles. The van der Waals surface area contributed by atoms with E-state index < -0.39 is 5.54 Å². The van der Waals surface area contributed by atoms with Crippen LogP contribution in [0, 0.1) is 0 Å². The molecule has 3 N–H and O–H groups in total. The van der Waals surface area contributed by atoms with Crippen molar-refractivity contribution in [3.05, 3.63) is 33.8 Å². The minimum absolute atomic E-state index is 0. The van der Waals surface area contributed by atoms with Gasteiger partial charge in [0.1, 0.15) is 0 Å². The lowest BCUT2D eigenvalue weighted by molar-refractivity contribution is -0.121. The third kappa shape index (κ3) is 5.44. The van der Waals surface area contributed by atoms with Gasteiger partial charge in [-0.05, 0) is 38.0 Å². The van der Waals surface area contributed by atoms with Crippen molar-refractivity contribution >= 4 is 41.5 Å². The van der Waals surface area contributed by atoms with E-state index in [1.807, 2.05) is 19.9 Å². The Morgan fingerprint density at radius 2 is 2.00 bits per heavy atom. The maximum Gasteiger partial charge on any atom is 0.234 e. The number of hydrogen-bond acceptors (Lipinski definition) is 2. The molecule has 0 unspecified atom stereocenters. The van der Waals surface area contributed by atoms with Crippen LogP contribution < -0.4 is 11.1 Å². The second-order valence-corrected chi connectivity index (χ2v) is 5.39. The molecule has 0 atom stereocenters. The monoisotopic (exact) mass is 310 g/mol. The van der Waals surface area contributed by atoms with Gasteiger partial charge in [-0.1, -0.05) is 29.3 Å². The van der Waals surface area contributed by atoms with E-state index in [-0.39, 0.29) is 24.9 Å². The largest absolute Gasteiger partial charge is 0.350 e. The molecule has 18 heavy (non-hydrogen) atoms. The van der Waals surface area contributed by atoms with Crippen LogP contribution >= 0.6 is 35.6 Å². The molecule has 0 heterocycles. The van der Waals surface area contributed by atoms with Gasteiger partial charge in [-0.25, -0.2) is 0 Å². The normalized spacial score (nSPS) is 10.7. The Hall–Kier alpha value is -0.480. The summed E-state index contributed by atoms with van der Waals surface area (Å²) in [6, 6.07) is 5.34. The smallest absolute Gasteiger partial charge is 0.234 e. The Labute approximate surface area is 123 Å². The van der Waals surface area contributed by atoms with Crippen LogP contribution in [0.2, 0.25) is 10.0 Å². The minimum Gasteiger partial charge on any atom is -0.350 e. The highest BCUT2D eigenvalue weighted by Crippen LogP contribution is 2.24. The fraction of sp³-hybridized carbons (Fsp3) is 0.417. The quantitative estimate of drug-likeness (QED) is 0.898. The first-order valence-corrected chi connectivity index (χ1v) is 6.04. The molecule has 0 fully saturated rings. The van der Waals surface area contributed by atoms with Gasteiger partial charge < -0.3 is 11.1 Å². The van der Waals surface area contributed by atoms with Crippen LogP contribution in [-0.2, 0) is 11.2 Å². The second-order valence-electron chi connectivity index (χ2n) is 4.55. The van der Waals surface area contributed by atoms with Crippen molar-refractivity contribution < 1.29 is 4.79 Å². The van der Waals surface area contributed by atoms with Crippen molar-refractivity contribution in [3.8, 4) is 0 Å². The summed E-state index contributed by atoms with van der Waals surface area (Å²) in [6.07, 6.45) is 0.620. The molecule has 0 aliphatic heterocycles. The molecule has 0 aliphatic carbocycles. The van der Waals surface area contributed by atoms with Crippen LogP contribution in [0.1, 0.15) is 19.4 Å². The molecule has 1 aromatic carbocycles. The molecule has 1 rings (SSSR count). The van der Waals surface area contributed by atoms with Crippen LogP contribution in [0.5, 0.6) is 0 Å². The Balaban J connectivity index is 0.00000289. The third-order valence-electron chi connectivity index (χ3n) is 2.31. The van der Waals surface area contributed by atoms with Gasteiger partial charge in [0.15, 0.2) is 0 Å². The number of carbonyl (C=O) groups is 1. The number of carbonyl (C=O) groups excluding carboxylic acids is 1. The number of nitrogens with one attached hydrogen (secondary N) is 1. The number of rotatable bonds is 4. The maximum atomic E-state index is 11.3. The van der Waals surface area contributed by atoms with Gasteiger partial charge in [0.2, 0.25) is 5.91 Å². The Morgan fingerprint density at radius 1 is 1.39 bits per heavy atom. The number of amides is 1. The molecular formula is C12H17Cl3N2O. The summed E-state index contributed by atoms with van der Waals surface area (Å²) in [5.41, 5.74) is 5.81. The zero-order valence-corrected chi connectivity index (χ0v) is 12.6. The van der Waals surface area contributed by atoms with E-state index in [1.165, 1.54) is 0 Å². The van der Waals surface area contributed by atoms with Gasteiger partial charge >= 0.3 is 0 Å². The van der Waals surface area contributed by atoms with Crippen LogP contribution in [0.4, 0.5) is 0 Å². The van der Waals surface area contributed by atoms with E-state index >= 15 is 0 Å². The summed E-state index contributed by atoms with van der Waals surface area (Å²) in [7, 11) is 0. The van der Waals surface area contributed by atoms with E-state index in [2.05, 4.69) is 5.32 Å². The molecule has 1 aromatic rings. The Morgan fingerprint density at radius 3 is 2.50 bits per heavy atom. The third-order valence-corrected chi connectivity index (χ3v) is 2.90. The average molecular weight is 312 g/mol. The highest BCUT2D eigenvalue weighted by Gasteiger charge is 2.21. The lowest BCUT2D eigenvalue weighted by Crippen LogP contribution is -2.47. The van der Waals surface area contributed by atoms with Crippen molar-refractivity contribution in [1.29, 1.82) is 0 Å². The summed E-state index contributed by atoms with van der Waals surface area (Å²) in [4.78, 5) is 11.3. The van der Waals surface area contributed by atoms with Crippen molar-refractivity contribution in [1.82, 2.24) is 5.32 Å². The highest BCUT2D eigenvalue weighted by molar-refractivity contribution is 6.35. The standard InChI is InChI=1S/C12H16Cl2N2O.ClH/c1-12(2,16-11(17)7-15)6-8-3-4-9(13)5-10(8)14;/h3-5H,6-7,15H2,1-2H3,(H,16,17);1H. The van der Waals surface area contributed by atoms with E-state index in [1.54, 1.807) is 12.1 Å². The number of halogens is 3. The van der Waals surface area contributed by atoms with Gasteiger partial charge in [-0.3, -0.25) is 4.79 Å². The lowest BCUT2D eigenvalue weighted by Gasteiger charge is -2.26. The summed E-state index contributed by atoms with van der Waals surface area (Å²) in [5, 5.41) is 4.04. The van der Waals surface area contributed by atoms with Gasteiger partial charge in [0.05, 0.1) is 6.54 Å². The van der Waals surface area contributed by atoms with E-state index in [9.17, 15) is 4.79 Å². The van der Waals surface area contributed by atoms with Crippen molar-refractivity contribution in [2.24, 2.45) is 5.73 Å². The van der Waals surface area contributed by atoms with Gasteiger partial charge in [0, 0.05) is 15.6 Å². The van der Waals surface area contributed by atoms with Crippen molar-refractivity contribution in [2.45, 2.75) is 25.8 Å². The second kappa shape index (κ2) is 7.19. The molecular weight excluding hydrogens is 295 g/mol. The molecule has 6 heteroatoms. The van der Waals surface area contributed by atoms with Crippen LogP contribution in [0.15, 0.2) is 18.2 Å². The fourth-order valence-corrected chi connectivity index (χ4v) is 2.09. The molecule has 3 nitrogen and oxygen atoms in total. The molecule has 0 radical (unpaired) electrons. The van der Waals surface area contributed by atoms with Crippen molar-refractivity contribution in [3.63, 3.8) is 0 Å². The zero-order chi connectivity index (χ0) is 13.1. The number of nitrogens with two attached hydrogens (primary N) is 1. The van der Waals surface area contributed by atoms with Gasteiger partial charge in [-0.2, -0.15) is 0 Å². The lowest BCUT2D eigenvalue weighted by atomic mass is 9.95. The molecule has 0 spiro atoms. The topological polar surface area (TPSA) is 55.1 Å².